The zero-order valence-corrected chi connectivity index (χ0v) is 13.4. The summed E-state index contributed by atoms with van der Waals surface area (Å²) in [5.41, 5.74) is 0.607. The van der Waals surface area contributed by atoms with E-state index in [2.05, 4.69) is 15.0 Å². The summed E-state index contributed by atoms with van der Waals surface area (Å²) in [4.78, 5) is 3.89. The van der Waals surface area contributed by atoms with Crippen molar-refractivity contribution in [3.63, 3.8) is 0 Å². The third-order valence-corrected chi connectivity index (χ3v) is 4.65. The molecule has 0 radical (unpaired) electrons. The summed E-state index contributed by atoms with van der Waals surface area (Å²) in [5.74, 6) is 0. The molecule has 0 aliphatic carbocycles. The van der Waals surface area contributed by atoms with Crippen LogP contribution in [0, 0.1) is 0 Å². The zero-order chi connectivity index (χ0) is 15.5. The molecule has 0 saturated heterocycles. The zero-order valence-electron chi connectivity index (χ0n) is 11.1. The van der Waals surface area contributed by atoms with E-state index in [0.717, 1.165) is 0 Å². The van der Waals surface area contributed by atoms with Gasteiger partial charge in [-0.1, -0.05) is 29.3 Å². The van der Waals surface area contributed by atoms with E-state index in [1.54, 1.807) is 24.3 Å². The molecule has 0 saturated carbocycles. The highest BCUT2D eigenvalue weighted by atomic mass is 35.5. The number of hydrogen-bond acceptors (Lipinski definition) is 4. The van der Waals surface area contributed by atoms with E-state index in [1.807, 2.05) is 6.92 Å². The van der Waals surface area contributed by atoms with Gasteiger partial charge in [-0.2, -0.15) is 0 Å². The first-order valence-electron chi connectivity index (χ1n) is 6.10. The van der Waals surface area contributed by atoms with Crippen molar-refractivity contribution in [1.29, 1.82) is 0 Å². The highest BCUT2D eigenvalue weighted by molar-refractivity contribution is 7.93. The predicted molar refractivity (Wildman–Crippen MR) is 85.7 cm³/mol. The first-order valence-corrected chi connectivity index (χ1v) is 8.34. The van der Waals surface area contributed by atoms with Gasteiger partial charge in [0.2, 0.25) is 0 Å². The van der Waals surface area contributed by atoms with Crippen molar-refractivity contribution in [2.75, 3.05) is 16.6 Å². The van der Waals surface area contributed by atoms with Crippen LogP contribution < -0.4 is 10.0 Å². The summed E-state index contributed by atoms with van der Waals surface area (Å²) in [7, 11) is -3.86. The minimum atomic E-state index is -3.86. The molecule has 0 fully saturated rings. The molecule has 1 aromatic carbocycles. The molecule has 0 amide bonds. The van der Waals surface area contributed by atoms with Gasteiger partial charge in [0.15, 0.2) is 0 Å². The minimum Gasteiger partial charge on any atom is -0.384 e. The Labute approximate surface area is 133 Å². The molecular formula is C13H13Cl2N3O2S. The highest BCUT2D eigenvalue weighted by Crippen LogP contribution is 2.32. The van der Waals surface area contributed by atoms with E-state index in [0.29, 0.717) is 12.2 Å². The molecule has 2 rings (SSSR count). The summed E-state index contributed by atoms with van der Waals surface area (Å²) >= 11 is 12.0. The summed E-state index contributed by atoms with van der Waals surface area (Å²) in [6.45, 7) is 2.45. The third kappa shape index (κ3) is 3.58. The quantitative estimate of drug-likeness (QED) is 0.867. The van der Waals surface area contributed by atoms with Crippen molar-refractivity contribution in [1.82, 2.24) is 4.98 Å². The first-order chi connectivity index (χ1) is 9.95. The topological polar surface area (TPSA) is 71.1 Å². The maximum Gasteiger partial charge on any atom is 0.265 e. The number of halogens is 2. The Morgan fingerprint density at radius 2 is 1.86 bits per heavy atom. The molecule has 2 aromatic rings. The lowest BCUT2D eigenvalue weighted by atomic mass is 10.3. The van der Waals surface area contributed by atoms with E-state index < -0.39 is 10.0 Å². The highest BCUT2D eigenvalue weighted by Gasteiger charge is 2.21. The molecule has 5 nitrogen and oxygen atoms in total. The Kier molecular flexibility index (Phi) is 4.92. The van der Waals surface area contributed by atoms with Gasteiger partial charge < -0.3 is 5.32 Å². The molecule has 1 aromatic heterocycles. The second-order valence-electron chi connectivity index (χ2n) is 4.10. The van der Waals surface area contributed by atoms with Crippen LogP contribution in [0.1, 0.15) is 6.92 Å². The molecule has 0 aliphatic rings. The number of nitrogens with one attached hydrogen (secondary N) is 2. The number of anilines is 2. The van der Waals surface area contributed by atoms with Gasteiger partial charge in [-0.3, -0.25) is 9.71 Å². The van der Waals surface area contributed by atoms with Crippen LogP contribution >= 0.6 is 23.2 Å². The van der Waals surface area contributed by atoms with Crippen LogP contribution in [0.4, 0.5) is 11.4 Å². The molecule has 2 N–H and O–H groups in total. The fourth-order valence-electron chi connectivity index (χ4n) is 1.72. The minimum absolute atomic E-state index is 0.0304. The number of sulfonamides is 1. The summed E-state index contributed by atoms with van der Waals surface area (Å²) < 4.78 is 27.4. The van der Waals surface area contributed by atoms with E-state index in [1.165, 1.54) is 12.4 Å². The number of para-hydroxylation sites is 1. The third-order valence-electron chi connectivity index (χ3n) is 2.64. The largest absolute Gasteiger partial charge is 0.384 e. The Morgan fingerprint density at radius 1 is 1.19 bits per heavy atom. The number of hydrogen-bond donors (Lipinski definition) is 2. The van der Waals surface area contributed by atoms with Crippen LogP contribution in [-0.2, 0) is 10.0 Å². The first kappa shape index (κ1) is 15.9. The Balaban J connectivity index is 2.44. The van der Waals surface area contributed by atoms with Gasteiger partial charge in [0.1, 0.15) is 4.90 Å². The van der Waals surface area contributed by atoms with Crippen LogP contribution in [0.3, 0.4) is 0 Å². The maximum absolute atomic E-state index is 12.5. The van der Waals surface area contributed by atoms with E-state index >= 15 is 0 Å². The van der Waals surface area contributed by atoms with Crippen LogP contribution in [-0.4, -0.2) is 19.9 Å². The van der Waals surface area contributed by atoms with Gasteiger partial charge in [0, 0.05) is 18.9 Å². The van der Waals surface area contributed by atoms with E-state index in [4.69, 9.17) is 23.2 Å². The second kappa shape index (κ2) is 6.51. The average molecular weight is 346 g/mol. The van der Waals surface area contributed by atoms with Crippen molar-refractivity contribution in [3.05, 3.63) is 46.7 Å². The number of pyridine rings is 1. The molecule has 0 unspecified atom stereocenters. The SMILES string of the molecule is CCNc1ccncc1S(=O)(=O)Nc1c(Cl)cccc1Cl. The molecule has 1 heterocycles. The summed E-state index contributed by atoms with van der Waals surface area (Å²) in [6.07, 6.45) is 2.78. The Bertz CT molecular complexity index is 731. The van der Waals surface area contributed by atoms with Crippen LogP contribution in [0.25, 0.3) is 0 Å². The lowest BCUT2D eigenvalue weighted by Crippen LogP contribution is -2.16. The molecule has 0 spiro atoms. The van der Waals surface area contributed by atoms with Crippen molar-refractivity contribution < 1.29 is 8.42 Å². The predicted octanol–water partition coefficient (Wildman–Crippen LogP) is 3.62. The number of nitrogens with zero attached hydrogens (tertiary/aromatic N) is 1. The maximum atomic E-state index is 12.5. The monoisotopic (exact) mass is 345 g/mol. The lowest BCUT2D eigenvalue weighted by Gasteiger charge is -2.14. The fourth-order valence-corrected chi connectivity index (χ4v) is 3.55. The van der Waals surface area contributed by atoms with Crippen molar-refractivity contribution in [2.24, 2.45) is 0 Å². The number of benzene rings is 1. The lowest BCUT2D eigenvalue weighted by molar-refractivity contribution is 0.601. The van der Waals surface area contributed by atoms with Crippen molar-refractivity contribution in [3.8, 4) is 0 Å². The van der Waals surface area contributed by atoms with Crippen LogP contribution in [0.2, 0.25) is 10.0 Å². The smallest absolute Gasteiger partial charge is 0.265 e. The van der Waals surface area contributed by atoms with Crippen molar-refractivity contribution in [2.45, 2.75) is 11.8 Å². The number of rotatable bonds is 5. The van der Waals surface area contributed by atoms with E-state index in [9.17, 15) is 8.42 Å². The van der Waals surface area contributed by atoms with Crippen LogP contribution in [0.5, 0.6) is 0 Å². The molecule has 0 atom stereocenters. The van der Waals surface area contributed by atoms with Crippen molar-refractivity contribution >= 4 is 44.6 Å². The number of aromatic nitrogens is 1. The van der Waals surface area contributed by atoms with Crippen LogP contribution in [0.15, 0.2) is 41.6 Å². The molecule has 21 heavy (non-hydrogen) atoms. The molecule has 8 heteroatoms. The average Bonchev–Trinajstić information content (AvgIpc) is 2.44. The van der Waals surface area contributed by atoms with Gasteiger partial charge in [-0.15, -0.1) is 0 Å². The molecular weight excluding hydrogens is 333 g/mol. The van der Waals surface area contributed by atoms with Gasteiger partial charge in [0.25, 0.3) is 10.0 Å². The summed E-state index contributed by atoms with van der Waals surface area (Å²) in [5, 5.41) is 3.42. The standard InChI is InChI=1S/C13H13Cl2N3O2S/c1-2-17-11-6-7-16-8-12(11)21(19,20)18-13-9(14)4-3-5-10(13)15/h3-8,18H,2H2,1H3,(H,16,17). The second-order valence-corrected chi connectivity index (χ2v) is 6.57. The molecule has 0 bridgehead atoms. The molecule has 0 aliphatic heterocycles. The molecule has 112 valence electrons. The Hall–Kier alpha value is -1.50. The van der Waals surface area contributed by atoms with Gasteiger partial charge in [-0.25, -0.2) is 8.42 Å². The Morgan fingerprint density at radius 3 is 2.48 bits per heavy atom. The van der Waals surface area contributed by atoms with Gasteiger partial charge >= 0.3 is 0 Å². The summed E-state index contributed by atoms with van der Waals surface area (Å²) in [6, 6.07) is 6.34. The van der Waals surface area contributed by atoms with Gasteiger partial charge in [-0.05, 0) is 25.1 Å². The fraction of sp³-hybridized carbons (Fsp3) is 0.154. The normalized spacial score (nSPS) is 11.2. The van der Waals surface area contributed by atoms with Gasteiger partial charge in [0.05, 0.1) is 21.4 Å². The van der Waals surface area contributed by atoms with E-state index in [-0.39, 0.29) is 20.6 Å².